The molecule has 0 N–H and O–H groups in total. The van der Waals surface area contributed by atoms with E-state index in [9.17, 15) is 0 Å². The van der Waals surface area contributed by atoms with Crippen LogP contribution in [0.15, 0.2) is 291 Å². The third-order valence-electron chi connectivity index (χ3n) is 13.4. The standard InChI is InChI=1S/C68H50/c1-6-16-49(17-7-1)53-26-36-59(37-27-53)67(60-38-28-54(29-39-60)50-18-8-2-9-19-50)61-40-30-56(31-41-61)57-34-44-63(45-35-57)68(62-42-32-55(33-43-62)51-20-10-3-11-21-51)65-47-46-64(52-22-12-4-13-23-52)48-66(65)58-24-14-5-15-25-58/h1-48,67-68H. The smallest absolute Gasteiger partial charge is 0.0346 e. The van der Waals surface area contributed by atoms with Gasteiger partial charge < -0.3 is 0 Å². The molecule has 0 heteroatoms. The number of benzene rings is 11. The molecular weight excluding hydrogens is 817 g/mol. The Morgan fingerprint density at radius 1 is 0.162 bits per heavy atom. The molecule has 0 radical (unpaired) electrons. The van der Waals surface area contributed by atoms with Gasteiger partial charge in [0.25, 0.3) is 0 Å². The van der Waals surface area contributed by atoms with E-state index in [2.05, 4.69) is 291 Å². The largest absolute Gasteiger partial charge is 0.0622 e. The van der Waals surface area contributed by atoms with Gasteiger partial charge in [-0.05, 0) is 106 Å². The van der Waals surface area contributed by atoms with Crippen LogP contribution in [0.4, 0.5) is 0 Å². The van der Waals surface area contributed by atoms with E-state index >= 15 is 0 Å². The van der Waals surface area contributed by atoms with Crippen molar-refractivity contribution in [2.75, 3.05) is 0 Å². The Hall–Kier alpha value is -8.58. The number of hydrogen-bond donors (Lipinski definition) is 0. The zero-order valence-corrected chi connectivity index (χ0v) is 37.9. The number of rotatable bonds is 12. The minimum absolute atomic E-state index is 0.00130. The van der Waals surface area contributed by atoms with Gasteiger partial charge in [0.05, 0.1) is 0 Å². The van der Waals surface area contributed by atoms with Crippen LogP contribution in [0, 0.1) is 0 Å². The van der Waals surface area contributed by atoms with Gasteiger partial charge in [-0.3, -0.25) is 0 Å². The van der Waals surface area contributed by atoms with Crippen LogP contribution in [0.5, 0.6) is 0 Å². The lowest BCUT2D eigenvalue weighted by molar-refractivity contribution is 0.977. The highest BCUT2D eigenvalue weighted by atomic mass is 14.3. The molecule has 0 aromatic heterocycles. The van der Waals surface area contributed by atoms with Crippen LogP contribution >= 0.6 is 0 Å². The first-order valence-electron chi connectivity index (χ1n) is 23.6. The molecule has 11 aromatic carbocycles. The van der Waals surface area contributed by atoms with E-state index in [1.807, 2.05) is 0 Å². The van der Waals surface area contributed by atoms with Gasteiger partial charge in [0, 0.05) is 11.8 Å². The molecule has 0 aliphatic carbocycles. The Morgan fingerprint density at radius 2 is 0.382 bits per heavy atom. The van der Waals surface area contributed by atoms with Gasteiger partial charge in [-0.1, -0.05) is 285 Å². The Kier molecular flexibility index (Phi) is 12.1. The second-order valence-corrected chi connectivity index (χ2v) is 17.6. The summed E-state index contributed by atoms with van der Waals surface area (Å²) in [6.07, 6.45) is 0. The third kappa shape index (κ3) is 9.01. The summed E-state index contributed by atoms with van der Waals surface area (Å²) in [5.41, 5.74) is 22.2. The second kappa shape index (κ2) is 19.5. The SMILES string of the molecule is c1ccc(-c2ccc(C(c3ccc(-c4ccccc4)cc3)c3ccc(-c4ccc(C(c5ccc(-c6ccccc6)cc5)c5ccc(-c6ccccc6)cc5-c5ccccc5)cc4)cc3)cc2)cc1. The molecule has 0 saturated heterocycles. The van der Waals surface area contributed by atoms with Gasteiger partial charge in [-0.25, -0.2) is 0 Å². The van der Waals surface area contributed by atoms with Crippen molar-refractivity contribution < 1.29 is 0 Å². The first-order valence-corrected chi connectivity index (χ1v) is 23.6. The van der Waals surface area contributed by atoms with Crippen molar-refractivity contribution in [3.8, 4) is 66.8 Å². The van der Waals surface area contributed by atoms with Crippen molar-refractivity contribution in [1.82, 2.24) is 0 Å². The van der Waals surface area contributed by atoms with Crippen LogP contribution in [0.25, 0.3) is 66.8 Å². The first-order chi connectivity index (χ1) is 33.7. The van der Waals surface area contributed by atoms with Crippen LogP contribution in [0.3, 0.4) is 0 Å². The molecule has 0 aliphatic heterocycles. The Morgan fingerprint density at radius 3 is 0.676 bits per heavy atom. The molecule has 322 valence electrons. The van der Waals surface area contributed by atoms with E-state index in [0.29, 0.717) is 0 Å². The lowest BCUT2D eigenvalue weighted by atomic mass is 9.79. The summed E-state index contributed by atoms with van der Waals surface area (Å²) in [6.45, 7) is 0. The fourth-order valence-electron chi connectivity index (χ4n) is 9.85. The Balaban J connectivity index is 0.951. The molecule has 0 spiro atoms. The number of hydrogen-bond acceptors (Lipinski definition) is 0. The maximum absolute atomic E-state index is 2.38. The monoisotopic (exact) mass is 866 g/mol. The van der Waals surface area contributed by atoms with Crippen LogP contribution in [0.2, 0.25) is 0 Å². The van der Waals surface area contributed by atoms with Gasteiger partial charge in [0.2, 0.25) is 0 Å². The molecule has 1 atom stereocenters. The molecule has 0 bridgehead atoms. The molecule has 11 rings (SSSR count). The molecule has 0 fully saturated rings. The quantitative estimate of drug-likeness (QED) is 0.107. The van der Waals surface area contributed by atoms with Gasteiger partial charge in [-0.2, -0.15) is 0 Å². The maximum atomic E-state index is 2.38. The van der Waals surface area contributed by atoms with E-state index in [1.54, 1.807) is 0 Å². The average molecular weight is 867 g/mol. The van der Waals surface area contributed by atoms with Crippen LogP contribution in [0.1, 0.15) is 45.2 Å². The second-order valence-electron chi connectivity index (χ2n) is 17.6. The molecule has 0 amide bonds. The summed E-state index contributed by atoms with van der Waals surface area (Å²) in [4.78, 5) is 0. The summed E-state index contributed by atoms with van der Waals surface area (Å²) in [5, 5.41) is 0. The highest BCUT2D eigenvalue weighted by Gasteiger charge is 2.23. The molecule has 0 nitrogen and oxygen atoms in total. The lowest BCUT2D eigenvalue weighted by Gasteiger charge is -2.24. The molecule has 1 unspecified atom stereocenters. The van der Waals surface area contributed by atoms with Crippen LogP contribution in [-0.4, -0.2) is 0 Å². The molecule has 11 aromatic rings. The summed E-state index contributed by atoms with van der Waals surface area (Å²) in [6, 6.07) is 106. The Bertz CT molecular complexity index is 3260. The Labute approximate surface area is 401 Å². The predicted molar refractivity (Wildman–Crippen MR) is 287 cm³/mol. The van der Waals surface area contributed by atoms with E-state index in [-0.39, 0.29) is 11.8 Å². The highest BCUT2D eigenvalue weighted by Crippen LogP contribution is 2.42. The average Bonchev–Trinajstić information content (AvgIpc) is 3.43. The van der Waals surface area contributed by atoms with Crippen LogP contribution in [-0.2, 0) is 0 Å². The normalized spacial score (nSPS) is 11.6. The summed E-state index contributed by atoms with van der Waals surface area (Å²) in [5.74, 6) is 0.0702. The third-order valence-corrected chi connectivity index (χ3v) is 13.4. The molecule has 0 aliphatic rings. The fourth-order valence-corrected chi connectivity index (χ4v) is 9.85. The first kappa shape index (κ1) is 42.1. The topological polar surface area (TPSA) is 0 Å². The maximum Gasteiger partial charge on any atom is 0.0346 e. The lowest BCUT2D eigenvalue weighted by Crippen LogP contribution is -2.06. The summed E-state index contributed by atoms with van der Waals surface area (Å²) < 4.78 is 0. The van der Waals surface area contributed by atoms with E-state index in [4.69, 9.17) is 0 Å². The minimum Gasteiger partial charge on any atom is -0.0622 e. The zero-order chi connectivity index (χ0) is 45.5. The highest BCUT2D eigenvalue weighted by molar-refractivity contribution is 5.78. The van der Waals surface area contributed by atoms with Gasteiger partial charge >= 0.3 is 0 Å². The van der Waals surface area contributed by atoms with Gasteiger partial charge in [0.15, 0.2) is 0 Å². The van der Waals surface area contributed by atoms with Gasteiger partial charge in [0.1, 0.15) is 0 Å². The minimum atomic E-state index is -0.00130. The zero-order valence-electron chi connectivity index (χ0n) is 37.9. The summed E-state index contributed by atoms with van der Waals surface area (Å²) in [7, 11) is 0. The van der Waals surface area contributed by atoms with Crippen molar-refractivity contribution in [2.45, 2.75) is 11.8 Å². The molecule has 0 heterocycles. The van der Waals surface area contributed by atoms with Gasteiger partial charge in [-0.15, -0.1) is 0 Å². The van der Waals surface area contributed by atoms with Crippen molar-refractivity contribution in [1.29, 1.82) is 0 Å². The predicted octanol–water partition coefficient (Wildman–Crippen LogP) is 18.0. The molecular formula is C68H50. The summed E-state index contributed by atoms with van der Waals surface area (Å²) >= 11 is 0. The molecule has 0 saturated carbocycles. The van der Waals surface area contributed by atoms with Crippen molar-refractivity contribution in [3.63, 3.8) is 0 Å². The van der Waals surface area contributed by atoms with E-state index in [1.165, 1.54) is 100 Å². The van der Waals surface area contributed by atoms with E-state index in [0.717, 1.165) is 0 Å². The van der Waals surface area contributed by atoms with Crippen molar-refractivity contribution >= 4 is 0 Å². The van der Waals surface area contributed by atoms with Crippen molar-refractivity contribution in [2.24, 2.45) is 0 Å². The van der Waals surface area contributed by atoms with Crippen molar-refractivity contribution in [3.05, 3.63) is 325 Å². The van der Waals surface area contributed by atoms with Crippen LogP contribution < -0.4 is 0 Å². The van der Waals surface area contributed by atoms with E-state index < -0.39 is 0 Å². The fraction of sp³-hybridized carbons (Fsp3) is 0.0294. The molecule has 68 heavy (non-hydrogen) atoms.